The summed E-state index contributed by atoms with van der Waals surface area (Å²) in [5, 5.41) is 6.14. The second kappa shape index (κ2) is 14.1. The first-order valence-electron chi connectivity index (χ1n) is 21.5. The third kappa shape index (κ3) is 5.91. The van der Waals surface area contributed by atoms with Crippen molar-refractivity contribution in [3.05, 3.63) is 224 Å². The molecule has 1 heterocycles. The summed E-state index contributed by atoms with van der Waals surface area (Å²) in [6, 6.07) is 66.7. The van der Waals surface area contributed by atoms with Crippen LogP contribution in [0.2, 0.25) is 0 Å². The Morgan fingerprint density at radius 2 is 0.931 bits per heavy atom. The summed E-state index contributed by atoms with van der Waals surface area (Å²) in [6.07, 6.45) is 0. The van der Waals surface area contributed by atoms with Gasteiger partial charge >= 0.3 is 0 Å². The normalized spacial score (nSPS) is 12.4. The SMILES string of the molecule is [2H]c1c([2H])c(N(c2ccc(-c3cccc(-c4cccc5ccccc45)c3)cc2)c2cccc3oc4c5ccccc5ccc4c23)c([2H])c([2H])c1-c1cccc(-c2ccccc2)c1. The van der Waals surface area contributed by atoms with Gasteiger partial charge in [0.05, 0.1) is 16.6 Å². The Labute approximate surface area is 343 Å². The van der Waals surface area contributed by atoms with Crippen molar-refractivity contribution in [2.75, 3.05) is 4.90 Å². The molecule has 0 unspecified atom stereocenters. The molecular formula is C56H37NO. The molecule has 0 amide bonds. The molecule has 11 aromatic rings. The highest BCUT2D eigenvalue weighted by molar-refractivity contribution is 6.19. The second-order valence-electron chi connectivity index (χ2n) is 14.6. The maximum absolute atomic E-state index is 9.70. The smallest absolute Gasteiger partial charge is 0.143 e. The van der Waals surface area contributed by atoms with Crippen molar-refractivity contribution in [1.82, 2.24) is 0 Å². The summed E-state index contributed by atoms with van der Waals surface area (Å²) in [7, 11) is 0. The fourth-order valence-corrected chi connectivity index (χ4v) is 8.30. The van der Waals surface area contributed by atoms with Gasteiger partial charge in [-0.3, -0.25) is 0 Å². The van der Waals surface area contributed by atoms with Crippen molar-refractivity contribution < 1.29 is 9.90 Å². The molecule has 11 rings (SSSR count). The lowest BCUT2D eigenvalue weighted by Crippen LogP contribution is -2.10. The van der Waals surface area contributed by atoms with E-state index in [0.29, 0.717) is 22.5 Å². The maximum atomic E-state index is 9.70. The lowest BCUT2D eigenvalue weighted by molar-refractivity contribution is 0.672. The Balaban J connectivity index is 1.09. The maximum Gasteiger partial charge on any atom is 0.143 e. The summed E-state index contributed by atoms with van der Waals surface area (Å²) >= 11 is 0. The number of rotatable bonds is 7. The van der Waals surface area contributed by atoms with Gasteiger partial charge in [-0.2, -0.15) is 0 Å². The zero-order chi connectivity index (χ0) is 41.9. The minimum Gasteiger partial charge on any atom is -0.455 e. The zero-order valence-corrected chi connectivity index (χ0v) is 31.4. The van der Waals surface area contributed by atoms with Crippen LogP contribution in [-0.2, 0) is 0 Å². The van der Waals surface area contributed by atoms with Crippen LogP contribution < -0.4 is 4.90 Å². The highest BCUT2D eigenvalue weighted by Crippen LogP contribution is 2.45. The van der Waals surface area contributed by atoms with E-state index in [1.54, 1.807) is 0 Å². The molecule has 0 fully saturated rings. The third-order valence-corrected chi connectivity index (χ3v) is 11.1. The highest BCUT2D eigenvalue weighted by atomic mass is 16.3. The van der Waals surface area contributed by atoms with Crippen molar-refractivity contribution in [1.29, 1.82) is 0 Å². The average Bonchev–Trinajstić information content (AvgIpc) is 3.73. The summed E-state index contributed by atoms with van der Waals surface area (Å²) in [5.41, 5.74) is 10.1. The van der Waals surface area contributed by atoms with Crippen LogP contribution in [0.25, 0.3) is 88.0 Å². The predicted molar refractivity (Wildman–Crippen MR) is 245 cm³/mol. The molecule has 58 heavy (non-hydrogen) atoms. The van der Waals surface area contributed by atoms with Crippen molar-refractivity contribution in [3.63, 3.8) is 0 Å². The van der Waals surface area contributed by atoms with E-state index in [-0.39, 0.29) is 35.4 Å². The predicted octanol–water partition coefficient (Wildman–Crippen LogP) is 16.0. The van der Waals surface area contributed by atoms with E-state index < -0.39 is 0 Å². The number of hydrogen-bond acceptors (Lipinski definition) is 2. The van der Waals surface area contributed by atoms with Gasteiger partial charge in [-0.1, -0.05) is 170 Å². The first kappa shape index (κ1) is 29.6. The molecular weight excluding hydrogens is 703 g/mol. The Hall–Kier alpha value is -7.68. The standard InChI is InChI=1S/C56H37NO/c1-2-12-38(13-3-1)43-17-8-18-44(36-43)39-26-31-47(32-27-39)57(53-24-11-25-54-55(53)52-35-30-42-15-5-7-22-51(42)56(52)58-54)48-33-28-40(29-34-48)45-19-9-20-46(37-45)50-23-10-16-41-14-4-6-21-49(41)50/h1-37H/i26D,27D,31D,32D. The average molecular weight is 744 g/mol. The Kier molecular flexibility index (Phi) is 7.20. The highest BCUT2D eigenvalue weighted by Gasteiger charge is 2.21. The Morgan fingerprint density at radius 3 is 1.71 bits per heavy atom. The first-order valence-corrected chi connectivity index (χ1v) is 19.5. The topological polar surface area (TPSA) is 16.4 Å². The minimum atomic E-state index is -0.145. The summed E-state index contributed by atoms with van der Waals surface area (Å²) in [6.45, 7) is 0. The molecule has 2 heteroatoms. The van der Waals surface area contributed by atoms with Gasteiger partial charge in [0.25, 0.3) is 0 Å². The van der Waals surface area contributed by atoms with Gasteiger partial charge < -0.3 is 9.32 Å². The molecule has 0 spiro atoms. The molecule has 0 atom stereocenters. The number of benzene rings is 10. The molecule has 0 aliphatic heterocycles. The molecule has 0 aliphatic rings. The molecule has 10 aromatic carbocycles. The number of anilines is 3. The van der Waals surface area contributed by atoms with Crippen LogP contribution in [0.3, 0.4) is 0 Å². The lowest BCUT2D eigenvalue weighted by Gasteiger charge is -2.26. The van der Waals surface area contributed by atoms with E-state index in [4.69, 9.17) is 4.42 Å². The summed E-state index contributed by atoms with van der Waals surface area (Å²) < 4.78 is 45.0. The third-order valence-electron chi connectivity index (χ3n) is 11.1. The van der Waals surface area contributed by atoms with E-state index >= 15 is 0 Å². The molecule has 0 saturated heterocycles. The molecule has 1 aromatic heterocycles. The van der Waals surface area contributed by atoms with Gasteiger partial charge in [0.2, 0.25) is 0 Å². The van der Waals surface area contributed by atoms with Crippen molar-refractivity contribution >= 4 is 60.5 Å². The quantitative estimate of drug-likeness (QED) is 0.162. The number of hydrogen-bond donors (Lipinski definition) is 0. The molecule has 2 nitrogen and oxygen atoms in total. The number of nitrogens with zero attached hydrogens (tertiary/aromatic N) is 1. The van der Waals surface area contributed by atoms with Gasteiger partial charge in [-0.25, -0.2) is 0 Å². The molecule has 272 valence electrons. The fourth-order valence-electron chi connectivity index (χ4n) is 8.30. The van der Waals surface area contributed by atoms with Crippen molar-refractivity contribution in [2.45, 2.75) is 0 Å². The van der Waals surface area contributed by atoms with Gasteiger partial charge in [-0.05, 0) is 115 Å². The largest absolute Gasteiger partial charge is 0.455 e. The van der Waals surface area contributed by atoms with Crippen molar-refractivity contribution in [2.24, 2.45) is 0 Å². The van der Waals surface area contributed by atoms with Crippen LogP contribution in [0.1, 0.15) is 5.48 Å². The fraction of sp³-hybridized carbons (Fsp3) is 0. The first-order chi connectivity index (χ1) is 30.4. The van der Waals surface area contributed by atoms with E-state index in [1.807, 2.05) is 102 Å². The van der Waals surface area contributed by atoms with Gasteiger partial charge in [-0.15, -0.1) is 0 Å². The van der Waals surface area contributed by atoms with Gasteiger partial charge in [0.1, 0.15) is 11.2 Å². The summed E-state index contributed by atoms with van der Waals surface area (Å²) in [5.74, 6) is 0. The molecule has 0 bridgehead atoms. The van der Waals surface area contributed by atoms with E-state index in [9.17, 15) is 5.48 Å². The van der Waals surface area contributed by atoms with Crippen LogP contribution in [0.15, 0.2) is 229 Å². The zero-order valence-electron chi connectivity index (χ0n) is 35.4. The van der Waals surface area contributed by atoms with Crippen LogP contribution >= 0.6 is 0 Å². The Morgan fingerprint density at radius 1 is 0.362 bits per heavy atom. The second-order valence-corrected chi connectivity index (χ2v) is 14.6. The van der Waals surface area contributed by atoms with E-state index in [2.05, 4.69) is 103 Å². The molecule has 0 N–H and O–H groups in total. The number of furan rings is 1. The van der Waals surface area contributed by atoms with E-state index in [0.717, 1.165) is 54.9 Å². The number of fused-ring (bicyclic) bond motifs is 6. The van der Waals surface area contributed by atoms with Gasteiger partial charge in [0, 0.05) is 22.1 Å². The van der Waals surface area contributed by atoms with Crippen LogP contribution in [0, 0.1) is 0 Å². The van der Waals surface area contributed by atoms with Crippen molar-refractivity contribution in [3.8, 4) is 44.5 Å². The van der Waals surface area contributed by atoms with Crippen LogP contribution in [-0.4, -0.2) is 0 Å². The van der Waals surface area contributed by atoms with E-state index in [1.165, 1.54) is 16.3 Å². The molecule has 0 aliphatic carbocycles. The van der Waals surface area contributed by atoms with Gasteiger partial charge in [0.15, 0.2) is 0 Å². The Bertz CT molecular complexity index is 3490. The molecule has 0 saturated carbocycles. The van der Waals surface area contributed by atoms with Crippen LogP contribution in [0.4, 0.5) is 17.1 Å². The monoisotopic (exact) mass is 743 g/mol. The minimum absolute atomic E-state index is 0.117. The summed E-state index contributed by atoms with van der Waals surface area (Å²) in [4.78, 5) is 1.87. The van der Waals surface area contributed by atoms with Crippen LogP contribution in [0.5, 0.6) is 0 Å². The molecule has 0 radical (unpaired) electrons. The lowest BCUT2D eigenvalue weighted by atomic mass is 9.95.